The first-order chi connectivity index (χ1) is 9.54. The number of aromatic nitrogens is 2. The molecular weight excluding hydrogens is 264 g/mol. The normalized spacial score (nSPS) is 17.4. The molecule has 3 N–H and O–H groups in total. The van der Waals surface area contributed by atoms with Gasteiger partial charge in [-0.05, 0) is 19.3 Å². The summed E-state index contributed by atoms with van der Waals surface area (Å²) in [6, 6.07) is 0. The summed E-state index contributed by atoms with van der Waals surface area (Å²) in [4.78, 5) is 33.6. The maximum atomic E-state index is 10.8. The number of hydrogen-bond donors (Lipinski definition) is 3. The van der Waals surface area contributed by atoms with Crippen molar-refractivity contribution in [2.45, 2.75) is 38.7 Å². The number of H-pyrrole nitrogens is 1. The van der Waals surface area contributed by atoms with Gasteiger partial charge in [0.25, 0.3) is 0 Å². The lowest BCUT2D eigenvalue weighted by Crippen LogP contribution is -2.14. The smallest absolute Gasteiger partial charge is 0.353 e. The molecule has 1 aromatic heterocycles. The van der Waals surface area contributed by atoms with Gasteiger partial charge in [0.05, 0.1) is 6.20 Å². The Morgan fingerprint density at radius 1 is 1.60 bits per heavy atom. The number of carboxylic acid groups (broad SMARTS) is 1. The minimum absolute atomic E-state index is 0.0736. The number of amides is 1. The highest BCUT2D eigenvalue weighted by molar-refractivity contribution is 6.35. The molecule has 1 amide bonds. The molecule has 0 fully saturated rings. The van der Waals surface area contributed by atoms with Gasteiger partial charge in [-0.2, -0.15) is 0 Å². The zero-order valence-electron chi connectivity index (χ0n) is 11.0. The maximum absolute atomic E-state index is 10.8. The van der Waals surface area contributed by atoms with Gasteiger partial charge in [-0.15, -0.1) is 0 Å². The third-order valence-corrected chi connectivity index (χ3v) is 2.87. The van der Waals surface area contributed by atoms with Crippen molar-refractivity contribution in [1.29, 1.82) is 0 Å². The second kappa shape index (κ2) is 6.18. The van der Waals surface area contributed by atoms with E-state index in [4.69, 9.17) is 9.94 Å². The predicted molar refractivity (Wildman–Crippen MR) is 70.4 cm³/mol. The summed E-state index contributed by atoms with van der Waals surface area (Å²) in [5.41, 5.74) is 0.982. The molecule has 0 saturated carbocycles. The molecule has 0 aromatic carbocycles. The number of nitrogens with one attached hydrogen (secondary N) is 2. The van der Waals surface area contributed by atoms with E-state index >= 15 is 0 Å². The Hall–Kier alpha value is -2.38. The minimum atomic E-state index is -1.03. The first-order valence-corrected chi connectivity index (χ1v) is 6.32. The molecule has 1 unspecified atom stereocenters. The Labute approximate surface area is 115 Å². The Balaban J connectivity index is 1.70. The van der Waals surface area contributed by atoms with Crippen LogP contribution in [0.25, 0.3) is 0 Å². The van der Waals surface area contributed by atoms with Crippen LogP contribution in [-0.2, 0) is 20.8 Å². The van der Waals surface area contributed by atoms with Gasteiger partial charge in [0.15, 0.2) is 5.71 Å². The number of carbonyl (C=O) groups excluding carboxylic acids is 1. The largest absolute Gasteiger partial charge is 0.477 e. The van der Waals surface area contributed by atoms with Gasteiger partial charge in [-0.3, -0.25) is 10.1 Å². The molecule has 8 nitrogen and oxygen atoms in total. The SMILES string of the molecule is CC(=O)Nc1ncc(CCCC2CC(C(=O)O)=NO2)[nH]1. The maximum Gasteiger partial charge on any atom is 0.353 e. The molecule has 0 radical (unpaired) electrons. The van der Waals surface area contributed by atoms with E-state index in [0.29, 0.717) is 12.4 Å². The molecule has 2 rings (SSSR count). The van der Waals surface area contributed by atoms with Gasteiger partial charge < -0.3 is 14.9 Å². The average Bonchev–Trinajstić information content (AvgIpc) is 2.98. The molecule has 108 valence electrons. The summed E-state index contributed by atoms with van der Waals surface area (Å²) in [6.07, 6.45) is 4.12. The molecule has 0 aliphatic carbocycles. The van der Waals surface area contributed by atoms with Crippen LogP contribution in [0.5, 0.6) is 0 Å². The number of aryl methyl sites for hydroxylation is 1. The van der Waals surface area contributed by atoms with Crippen molar-refractivity contribution in [2.24, 2.45) is 5.16 Å². The Morgan fingerprint density at radius 2 is 2.40 bits per heavy atom. The highest BCUT2D eigenvalue weighted by atomic mass is 16.6. The molecule has 1 atom stereocenters. The highest BCUT2D eigenvalue weighted by Crippen LogP contribution is 2.17. The monoisotopic (exact) mass is 280 g/mol. The Bertz CT molecular complexity index is 537. The van der Waals surface area contributed by atoms with Crippen LogP contribution < -0.4 is 5.32 Å². The third kappa shape index (κ3) is 3.81. The van der Waals surface area contributed by atoms with E-state index in [0.717, 1.165) is 25.0 Å². The van der Waals surface area contributed by atoms with Crippen molar-refractivity contribution in [2.75, 3.05) is 5.32 Å². The first kappa shape index (κ1) is 14.0. The lowest BCUT2D eigenvalue weighted by molar-refractivity contribution is -0.129. The van der Waals surface area contributed by atoms with Crippen LogP contribution in [-0.4, -0.2) is 38.8 Å². The van der Waals surface area contributed by atoms with E-state index in [2.05, 4.69) is 20.4 Å². The van der Waals surface area contributed by atoms with E-state index in [1.54, 1.807) is 6.20 Å². The van der Waals surface area contributed by atoms with Crippen LogP contribution in [0.15, 0.2) is 11.4 Å². The second-order valence-electron chi connectivity index (χ2n) is 4.61. The number of anilines is 1. The number of carbonyl (C=O) groups is 2. The fourth-order valence-corrected chi connectivity index (χ4v) is 1.95. The topological polar surface area (TPSA) is 117 Å². The van der Waals surface area contributed by atoms with Crippen LogP contribution in [0, 0.1) is 0 Å². The number of hydrogen-bond acceptors (Lipinski definition) is 5. The number of aliphatic carboxylic acids is 1. The van der Waals surface area contributed by atoms with Crippen molar-refractivity contribution >= 4 is 23.5 Å². The summed E-state index contributed by atoms with van der Waals surface area (Å²) >= 11 is 0. The van der Waals surface area contributed by atoms with Gasteiger partial charge >= 0.3 is 5.97 Å². The van der Waals surface area contributed by atoms with E-state index in [1.807, 2.05) is 0 Å². The standard InChI is InChI=1S/C12H16N4O4/c1-7(17)14-12-13-6-8(15-12)3-2-4-9-5-10(11(18)19)16-20-9/h6,9H,2-5H2,1H3,(H,18,19)(H2,13,14,15,17). The van der Waals surface area contributed by atoms with Crippen molar-refractivity contribution < 1.29 is 19.5 Å². The number of oxime groups is 1. The number of imidazole rings is 1. The molecule has 2 heterocycles. The molecule has 1 aliphatic rings. The number of nitrogens with zero attached hydrogens (tertiary/aromatic N) is 2. The van der Waals surface area contributed by atoms with Crippen molar-refractivity contribution in [3.8, 4) is 0 Å². The zero-order valence-corrected chi connectivity index (χ0v) is 11.0. The Morgan fingerprint density at radius 3 is 3.05 bits per heavy atom. The molecule has 0 saturated heterocycles. The van der Waals surface area contributed by atoms with Crippen LogP contribution in [0.1, 0.15) is 31.9 Å². The van der Waals surface area contributed by atoms with Gasteiger partial charge in [-0.25, -0.2) is 9.78 Å². The van der Waals surface area contributed by atoms with Crippen molar-refractivity contribution in [1.82, 2.24) is 9.97 Å². The van der Waals surface area contributed by atoms with Crippen molar-refractivity contribution in [3.05, 3.63) is 11.9 Å². The number of carboxylic acids is 1. The van der Waals surface area contributed by atoms with Crippen LogP contribution in [0.4, 0.5) is 5.95 Å². The molecule has 20 heavy (non-hydrogen) atoms. The van der Waals surface area contributed by atoms with E-state index in [-0.39, 0.29) is 17.7 Å². The number of rotatable bonds is 6. The van der Waals surface area contributed by atoms with E-state index < -0.39 is 5.97 Å². The van der Waals surface area contributed by atoms with Crippen LogP contribution in [0.3, 0.4) is 0 Å². The summed E-state index contributed by atoms with van der Waals surface area (Å²) in [6.45, 7) is 1.42. The summed E-state index contributed by atoms with van der Waals surface area (Å²) < 4.78 is 0. The fourth-order valence-electron chi connectivity index (χ4n) is 1.95. The van der Waals surface area contributed by atoms with E-state index in [9.17, 15) is 9.59 Å². The summed E-state index contributed by atoms with van der Waals surface area (Å²) in [5, 5.41) is 14.8. The quantitative estimate of drug-likeness (QED) is 0.716. The van der Waals surface area contributed by atoms with Crippen LogP contribution >= 0.6 is 0 Å². The van der Waals surface area contributed by atoms with E-state index in [1.165, 1.54) is 6.92 Å². The minimum Gasteiger partial charge on any atom is -0.477 e. The summed E-state index contributed by atoms with van der Waals surface area (Å²) in [7, 11) is 0. The first-order valence-electron chi connectivity index (χ1n) is 6.32. The van der Waals surface area contributed by atoms with Gasteiger partial charge in [0.2, 0.25) is 11.9 Å². The zero-order chi connectivity index (χ0) is 14.5. The second-order valence-corrected chi connectivity index (χ2v) is 4.61. The molecule has 1 aliphatic heterocycles. The number of aromatic amines is 1. The van der Waals surface area contributed by atoms with Crippen molar-refractivity contribution in [3.63, 3.8) is 0 Å². The molecule has 0 bridgehead atoms. The van der Waals surface area contributed by atoms with Gasteiger partial charge in [-0.1, -0.05) is 5.16 Å². The van der Waals surface area contributed by atoms with Gasteiger partial charge in [0.1, 0.15) is 6.10 Å². The predicted octanol–water partition coefficient (Wildman–Crippen LogP) is 0.920. The average molecular weight is 280 g/mol. The molecule has 8 heteroatoms. The lowest BCUT2D eigenvalue weighted by Gasteiger charge is -2.06. The fraction of sp³-hybridized carbons (Fsp3) is 0.500. The molecular formula is C12H16N4O4. The molecule has 1 aromatic rings. The van der Waals surface area contributed by atoms with Gasteiger partial charge in [0, 0.05) is 19.0 Å². The lowest BCUT2D eigenvalue weighted by atomic mass is 10.1. The molecule has 0 spiro atoms. The summed E-state index contributed by atoms with van der Waals surface area (Å²) in [5.74, 6) is -0.772. The highest BCUT2D eigenvalue weighted by Gasteiger charge is 2.25. The Kier molecular flexibility index (Phi) is 4.34. The van der Waals surface area contributed by atoms with Crippen LogP contribution in [0.2, 0.25) is 0 Å². The third-order valence-electron chi connectivity index (χ3n) is 2.87.